The molecule has 2 bridgehead atoms. The first-order chi connectivity index (χ1) is 17.1. The standard InChI is InChI=1S/C28H35N7/c1-19-14-22(9-10-26(19)35-18-23-15-24(35)17-34(23)2)32-28-29-13-12-25(33-28)20-8-11-27(30-16-20)31-21-6-4-3-5-7-21/h8-14,16,21,23-24H,3-7,15,17-18H2,1-2H3,(H,30,31)(H,29,32,33)/t23-,24-/m0/s1. The van der Waals surface area contributed by atoms with Gasteiger partial charge in [0.05, 0.1) is 5.69 Å². The van der Waals surface area contributed by atoms with Crippen LogP contribution in [0.4, 0.5) is 23.1 Å². The maximum absolute atomic E-state index is 4.75. The molecule has 2 N–H and O–H groups in total. The van der Waals surface area contributed by atoms with E-state index in [-0.39, 0.29) is 0 Å². The van der Waals surface area contributed by atoms with Crippen molar-refractivity contribution in [1.82, 2.24) is 19.9 Å². The van der Waals surface area contributed by atoms with E-state index < -0.39 is 0 Å². The van der Waals surface area contributed by atoms with Crippen LogP contribution in [0.2, 0.25) is 0 Å². The van der Waals surface area contributed by atoms with E-state index in [9.17, 15) is 0 Å². The predicted octanol–water partition coefficient (Wildman–Crippen LogP) is 5.23. The number of anilines is 4. The fourth-order valence-corrected chi connectivity index (χ4v) is 6.01. The Hall–Kier alpha value is -3.19. The molecule has 0 spiro atoms. The molecular formula is C28H35N7. The lowest BCUT2D eigenvalue weighted by atomic mass is 9.95. The van der Waals surface area contributed by atoms with E-state index in [1.54, 1.807) is 6.20 Å². The van der Waals surface area contributed by atoms with Gasteiger partial charge in [-0.2, -0.15) is 0 Å². The van der Waals surface area contributed by atoms with E-state index >= 15 is 0 Å². The molecule has 0 unspecified atom stereocenters. The first-order valence-corrected chi connectivity index (χ1v) is 13.0. The summed E-state index contributed by atoms with van der Waals surface area (Å²) in [5, 5.41) is 6.98. The molecule has 4 heterocycles. The first-order valence-electron chi connectivity index (χ1n) is 13.0. The van der Waals surface area contributed by atoms with Crippen molar-refractivity contribution < 1.29 is 0 Å². The highest BCUT2D eigenvalue weighted by Gasteiger charge is 2.41. The van der Waals surface area contributed by atoms with Gasteiger partial charge in [0.1, 0.15) is 5.82 Å². The van der Waals surface area contributed by atoms with Gasteiger partial charge in [0.15, 0.2) is 0 Å². The molecule has 0 radical (unpaired) electrons. The molecule has 2 aromatic heterocycles. The maximum atomic E-state index is 4.75. The van der Waals surface area contributed by atoms with Crippen molar-refractivity contribution in [2.24, 2.45) is 0 Å². The van der Waals surface area contributed by atoms with Crippen LogP contribution >= 0.6 is 0 Å². The quantitative estimate of drug-likeness (QED) is 0.512. The topological polar surface area (TPSA) is 69.2 Å². The number of fused-ring (bicyclic) bond motifs is 2. The second kappa shape index (κ2) is 9.46. The van der Waals surface area contributed by atoms with Gasteiger partial charge in [0, 0.05) is 60.5 Å². The molecule has 1 saturated carbocycles. The molecule has 3 aromatic rings. The zero-order chi connectivity index (χ0) is 23.8. The number of aryl methyl sites for hydroxylation is 1. The minimum atomic E-state index is 0.550. The molecule has 35 heavy (non-hydrogen) atoms. The number of likely N-dealkylation sites (tertiary alicyclic amines) is 1. The van der Waals surface area contributed by atoms with Crippen LogP contribution in [-0.4, -0.2) is 58.1 Å². The zero-order valence-electron chi connectivity index (χ0n) is 20.7. The third-order valence-electron chi connectivity index (χ3n) is 7.95. The van der Waals surface area contributed by atoms with E-state index in [0.29, 0.717) is 24.1 Å². The summed E-state index contributed by atoms with van der Waals surface area (Å²) >= 11 is 0. The van der Waals surface area contributed by atoms with Gasteiger partial charge in [0.2, 0.25) is 5.95 Å². The van der Waals surface area contributed by atoms with Gasteiger partial charge in [-0.05, 0) is 75.2 Å². The SMILES string of the molecule is Cc1cc(Nc2nccc(-c3ccc(NC4CCCCC4)nc3)n2)ccc1N1C[C@@H]2C[C@H]1CN2C. The molecule has 7 heteroatoms. The second-order valence-electron chi connectivity index (χ2n) is 10.4. The Labute approximate surface area is 208 Å². The lowest BCUT2D eigenvalue weighted by molar-refractivity contribution is 0.292. The lowest BCUT2D eigenvalue weighted by Crippen LogP contribution is -2.44. The third-order valence-corrected chi connectivity index (χ3v) is 7.95. The summed E-state index contributed by atoms with van der Waals surface area (Å²) in [6, 6.07) is 14.5. The van der Waals surface area contributed by atoms with Crippen LogP contribution in [0, 0.1) is 6.92 Å². The van der Waals surface area contributed by atoms with Crippen LogP contribution in [0.1, 0.15) is 44.1 Å². The molecule has 1 aliphatic carbocycles. The van der Waals surface area contributed by atoms with E-state index in [1.807, 2.05) is 12.3 Å². The van der Waals surface area contributed by atoms with Gasteiger partial charge < -0.3 is 15.5 Å². The zero-order valence-corrected chi connectivity index (χ0v) is 20.7. The van der Waals surface area contributed by atoms with E-state index in [1.165, 1.54) is 49.8 Å². The van der Waals surface area contributed by atoms with Crippen molar-refractivity contribution in [3.8, 4) is 11.3 Å². The molecule has 0 amide bonds. The van der Waals surface area contributed by atoms with Gasteiger partial charge in [-0.3, -0.25) is 4.90 Å². The van der Waals surface area contributed by atoms with E-state index in [0.717, 1.165) is 35.9 Å². The first kappa shape index (κ1) is 22.3. The molecule has 3 fully saturated rings. The summed E-state index contributed by atoms with van der Waals surface area (Å²) in [5.41, 5.74) is 5.50. The number of aromatic nitrogens is 3. The van der Waals surface area contributed by atoms with Crippen molar-refractivity contribution in [3.63, 3.8) is 0 Å². The van der Waals surface area contributed by atoms with Gasteiger partial charge in [-0.25, -0.2) is 15.0 Å². The monoisotopic (exact) mass is 469 g/mol. The number of pyridine rings is 1. The summed E-state index contributed by atoms with van der Waals surface area (Å²) < 4.78 is 0. The summed E-state index contributed by atoms with van der Waals surface area (Å²) in [4.78, 5) is 18.9. The molecule has 3 aliphatic rings. The number of benzene rings is 1. The number of hydrogen-bond donors (Lipinski definition) is 2. The Bertz CT molecular complexity index is 1170. The van der Waals surface area contributed by atoms with Gasteiger partial charge in [-0.1, -0.05) is 19.3 Å². The second-order valence-corrected chi connectivity index (χ2v) is 10.4. The van der Waals surface area contributed by atoms with Crippen LogP contribution in [0.5, 0.6) is 0 Å². The smallest absolute Gasteiger partial charge is 0.227 e. The summed E-state index contributed by atoms with van der Waals surface area (Å²) in [6.07, 6.45) is 11.4. The fraction of sp³-hybridized carbons (Fsp3) is 0.464. The highest BCUT2D eigenvalue weighted by atomic mass is 15.3. The number of nitrogens with zero attached hydrogens (tertiary/aromatic N) is 5. The molecule has 2 saturated heterocycles. The average Bonchev–Trinajstić information content (AvgIpc) is 3.45. The van der Waals surface area contributed by atoms with Crippen LogP contribution in [0.25, 0.3) is 11.3 Å². The largest absolute Gasteiger partial charge is 0.367 e. The Balaban J connectivity index is 1.13. The molecule has 2 atom stereocenters. The normalized spacial score (nSPS) is 22.5. The number of piperazine rings is 1. The molecule has 2 aliphatic heterocycles. The summed E-state index contributed by atoms with van der Waals surface area (Å²) in [5.74, 6) is 1.54. The highest BCUT2D eigenvalue weighted by molar-refractivity contribution is 5.66. The van der Waals surface area contributed by atoms with Crippen molar-refractivity contribution in [1.29, 1.82) is 0 Å². The average molecular weight is 470 g/mol. The molecule has 1 aromatic carbocycles. The van der Waals surface area contributed by atoms with Crippen LogP contribution in [0.15, 0.2) is 48.8 Å². The highest BCUT2D eigenvalue weighted by Crippen LogP contribution is 2.36. The number of rotatable bonds is 6. The Kier molecular flexibility index (Phi) is 6.02. The van der Waals surface area contributed by atoms with E-state index in [4.69, 9.17) is 4.98 Å². The van der Waals surface area contributed by atoms with Crippen molar-refractivity contribution in [2.45, 2.75) is 63.6 Å². The van der Waals surface area contributed by atoms with Gasteiger partial charge >= 0.3 is 0 Å². The van der Waals surface area contributed by atoms with Gasteiger partial charge in [0.25, 0.3) is 0 Å². The number of nitrogens with one attached hydrogen (secondary N) is 2. The number of likely N-dealkylation sites (N-methyl/N-ethyl adjacent to an activating group) is 1. The minimum absolute atomic E-state index is 0.550. The molecule has 7 nitrogen and oxygen atoms in total. The van der Waals surface area contributed by atoms with Gasteiger partial charge in [-0.15, -0.1) is 0 Å². The molecular weight excluding hydrogens is 434 g/mol. The lowest BCUT2D eigenvalue weighted by Gasteiger charge is -2.34. The van der Waals surface area contributed by atoms with Crippen LogP contribution in [0.3, 0.4) is 0 Å². The Morgan fingerprint density at radius 1 is 0.943 bits per heavy atom. The molecule has 182 valence electrons. The van der Waals surface area contributed by atoms with Crippen molar-refractivity contribution >= 4 is 23.1 Å². The summed E-state index contributed by atoms with van der Waals surface area (Å²) in [6.45, 7) is 4.49. The Morgan fingerprint density at radius 2 is 1.83 bits per heavy atom. The summed E-state index contributed by atoms with van der Waals surface area (Å²) in [7, 11) is 2.24. The van der Waals surface area contributed by atoms with Crippen molar-refractivity contribution in [2.75, 3.05) is 35.7 Å². The third kappa shape index (κ3) is 4.69. The number of hydrogen-bond acceptors (Lipinski definition) is 7. The minimum Gasteiger partial charge on any atom is -0.367 e. The van der Waals surface area contributed by atoms with Crippen LogP contribution < -0.4 is 15.5 Å². The van der Waals surface area contributed by atoms with Crippen molar-refractivity contribution in [3.05, 3.63) is 54.4 Å². The van der Waals surface area contributed by atoms with E-state index in [2.05, 4.69) is 74.7 Å². The Morgan fingerprint density at radius 3 is 2.54 bits per heavy atom. The predicted molar refractivity (Wildman–Crippen MR) is 142 cm³/mol. The maximum Gasteiger partial charge on any atom is 0.227 e. The fourth-order valence-electron chi connectivity index (χ4n) is 6.01. The van der Waals surface area contributed by atoms with Crippen LogP contribution in [-0.2, 0) is 0 Å². The molecule has 6 rings (SSSR count).